The van der Waals surface area contributed by atoms with E-state index in [1.54, 1.807) is 17.7 Å². The largest absolute Gasteiger partial charge is 0.377 e. The van der Waals surface area contributed by atoms with Crippen molar-refractivity contribution < 1.29 is 0 Å². The fourth-order valence-corrected chi connectivity index (χ4v) is 2.65. The van der Waals surface area contributed by atoms with E-state index in [1.807, 2.05) is 23.9 Å². The van der Waals surface area contributed by atoms with Gasteiger partial charge in [-0.3, -0.25) is 9.48 Å². The quantitative estimate of drug-likeness (QED) is 0.931. The van der Waals surface area contributed by atoms with Gasteiger partial charge in [-0.15, -0.1) is 0 Å². The highest BCUT2D eigenvalue weighted by Crippen LogP contribution is 2.24. The number of nitrogens with one attached hydrogen (secondary N) is 1. The van der Waals surface area contributed by atoms with Gasteiger partial charge in [0.2, 0.25) is 5.56 Å². The Labute approximate surface area is 119 Å². The van der Waals surface area contributed by atoms with E-state index in [-0.39, 0.29) is 11.6 Å². The molecule has 0 amide bonds. The summed E-state index contributed by atoms with van der Waals surface area (Å²) in [7, 11) is 1.75. The summed E-state index contributed by atoms with van der Waals surface area (Å²) < 4.78 is 3.59. The van der Waals surface area contributed by atoms with Gasteiger partial charge in [-0.2, -0.15) is 5.10 Å². The normalized spacial score (nSPS) is 12.4. The van der Waals surface area contributed by atoms with Crippen LogP contribution in [0.2, 0.25) is 0 Å². The monoisotopic (exact) mass is 274 g/mol. The Hall–Kier alpha value is -2.04. The number of anilines is 1. The molecular weight excluding hydrogens is 252 g/mol. The lowest BCUT2D eigenvalue weighted by Crippen LogP contribution is -2.16. The molecule has 0 aliphatic carbocycles. The van der Waals surface area contributed by atoms with Gasteiger partial charge in [0, 0.05) is 37.1 Å². The molecule has 108 valence electrons. The van der Waals surface area contributed by atoms with Gasteiger partial charge >= 0.3 is 0 Å². The second kappa shape index (κ2) is 5.53. The number of rotatable bonds is 4. The standard InChI is InChI=1S/C15H22N4O/c1-6-19-12(4)15(11(3)17-19)10(2)16-13-7-8-14(20)18(5)9-13/h7-10,16H,6H2,1-5H3. The van der Waals surface area contributed by atoms with Gasteiger partial charge in [-0.05, 0) is 33.8 Å². The topological polar surface area (TPSA) is 51.9 Å². The number of hydrogen-bond donors (Lipinski definition) is 1. The highest BCUT2D eigenvalue weighted by molar-refractivity contribution is 5.44. The summed E-state index contributed by atoms with van der Waals surface area (Å²) in [5, 5.41) is 7.98. The van der Waals surface area contributed by atoms with Crippen LogP contribution in [-0.4, -0.2) is 14.3 Å². The van der Waals surface area contributed by atoms with Crippen LogP contribution in [0.4, 0.5) is 5.69 Å². The van der Waals surface area contributed by atoms with E-state index in [4.69, 9.17) is 0 Å². The minimum absolute atomic E-state index is 0.00522. The molecule has 1 unspecified atom stereocenters. The van der Waals surface area contributed by atoms with E-state index >= 15 is 0 Å². The molecule has 0 fully saturated rings. The van der Waals surface area contributed by atoms with Gasteiger partial charge in [0.15, 0.2) is 0 Å². The van der Waals surface area contributed by atoms with E-state index in [0.29, 0.717) is 0 Å². The third-order valence-electron chi connectivity index (χ3n) is 3.64. The second-order valence-electron chi connectivity index (χ2n) is 5.13. The summed E-state index contributed by atoms with van der Waals surface area (Å²) >= 11 is 0. The Morgan fingerprint density at radius 3 is 2.60 bits per heavy atom. The molecule has 5 heteroatoms. The lowest BCUT2D eigenvalue weighted by atomic mass is 10.1. The highest BCUT2D eigenvalue weighted by atomic mass is 16.1. The molecule has 0 bridgehead atoms. The summed E-state index contributed by atoms with van der Waals surface area (Å²) in [5.74, 6) is 0. The SMILES string of the molecule is CCn1nc(C)c(C(C)Nc2ccc(=O)n(C)c2)c1C. The average Bonchev–Trinajstić information content (AvgIpc) is 2.68. The minimum Gasteiger partial charge on any atom is -0.377 e. The third kappa shape index (κ3) is 2.61. The molecule has 5 nitrogen and oxygen atoms in total. The molecule has 2 heterocycles. The molecule has 0 spiro atoms. The van der Waals surface area contributed by atoms with Crippen molar-refractivity contribution in [3.8, 4) is 0 Å². The molecule has 0 saturated carbocycles. The van der Waals surface area contributed by atoms with Gasteiger partial charge in [-0.1, -0.05) is 0 Å². The van der Waals surface area contributed by atoms with Crippen molar-refractivity contribution in [2.75, 3.05) is 5.32 Å². The number of hydrogen-bond acceptors (Lipinski definition) is 3. The zero-order valence-electron chi connectivity index (χ0n) is 12.8. The van der Waals surface area contributed by atoms with E-state index in [0.717, 1.165) is 17.9 Å². The number of aryl methyl sites for hydroxylation is 3. The van der Waals surface area contributed by atoms with Crippen molar-refractivity contribution in [3.05, 3.63) is 45.6 Å². The average molecular weight is 274 g/mol. The molecule has 1 atom stereocenters. The zero-order chi connectivity index (χ0) is 14.9. The van der Waals surface area contributed by atoms with Crippen LogP contribution in [0.5, 0.6) is 0 Å². The van der Waals surface area contributed by atoms with Crippen molar-refractivity contribution in [2.24, 2.45) is 7.05 Å². The molecular formula is C15H22N4O. The Balaban J connectivity index is 2.28. The van der Waals surface area contributed by atoms with Gasteiger partial charge < -0.3 is 9.88 Å². The molecule has 0 saturated heterocycles. The van der Waals surface area contributed by atoms with E-state index in [2.05, 4.69) is 31.2 Å². The highest BCUT2D eigenvalue weighted by Gasteiger charge is 2.16. The van der Waals surface area contributed by atoms with E-state index in [1.165, 1.54) is 11.3 Å². The van der Waals surface area contributed by atoms with Crippen LogP contribution in [-0.2, 0) is 13.6 Å². The molecule has 0 aliphatic rings. The Morgan fingerprint density at radius 1 is 1.35 bits per heavy atom. The summed E-state index contributed by atoms with van der Waals surface area (Å²) in [6, 6.07) is 3.53. The van der Waals surface area contributed by atoms with Crippen LogP contribution in [0.25, 0.3) is 0 Å². The Kier molecular flexibility index (Phi) is 3.97. The molecule has 0 radical (unpaired) electrons. The smallest absolute Gasteiger partial charge is 0.250 e. The van der Waals surface area contributed by atoms with Crippen LogP contribution < -0.4 is 10.9 Å². The lowest BCUT2D eigenvalue weighted by Gasteiger charge is -2.16. The summed E-state index contributed by atoms with van der Waals surface area (Å²) in [6.07, 6.45) is 1.81. The predicted molar refractivity (Wildman–Crippen MR) is 81.1 cm³/mol. The minimum atomic E-state index is -0.00522. The van der Waals surface area contributed by atoms with E-state index < -0.39 is 0 Å². The third-order valence-corrected chi connectivity index (χ3v) is 3.64. The Bertz CT molecular complexity index is 669. The summed E-state index contributed by atoms with van der Waals surface area (Å²) in [5.41, 5.74) is 4.39. The fourth-order valence-electron chi connectivity index (χ4n) is 2.65. The summed E-state index contributed by atoms with van der Waals surface area (Å²) in [4.78, 5) is 11.4. The first-order chi connectivity index (χ1) is 9.43. The molecule has 2 aromatic rings. The van der Waals surface area contributed by atoms with Crippen molar-refractivity contribution in [2.45, 2.75) is 40.3 Å². The maximum atomic E-state index is 11.4. The van der Waals surface area contributed by atoms with Gasteiger partial charge in [0.25, 0.3) is 0 Å². The molecule has 20 heavy (non-hydrogen) atoms. The van der Waals surface area contributed by atoms with Crippen LogP contribution in [0.3, 0.4) is 0 Å². The van der Waals surface area contributed by atoms with Crippen molar-refractivity contribution >= 4 is 5.69 Å². The number of nitrogens with zero attached hydrogens (tertiary/aromatic N) is 3. The van der Waals surface area contributed by atoms with Crippen LogP contribution in [0.15, 0.2) is 23.1 Å². The van der Waals surface area contributed by atoms with Crippen LogP contribution >= 0.6 is 0 Å². The molecule has 2 aromatic heterocycles. The van der Waals surface area contributed by atoms with Crippen molar-refractivity contribution in [1.29, 1.82) is 0 Å². The maximum Gasteiger partial charge on any atom is 0.250 e. The molecule has 1 N–H and O–H groups in total. The van der Waals surface area contributed by atoms with Crippen molar-refractivity contribution in [1.82, 2.24) is 14.3 Å². The first kappa shape index (κ1) is 14.4. The zero-order valence-corrected chi connectivity index (χ0v) is 12.8. The van der Waals surface area contributed by atoms with Crippen LogP contribution in [0.1, 0.15) is 36.8 Å². The molecule has 0 aromatic carbocycles. The first-order valence-corrected chi connectivity index (χ1v) is 6.91. The van der Waals surface area contributed by atoms with Crippen molar-refractivity contribution in [3.63, 3.8) is 0 Å². The van der Waals surface area contributed by atoms with Gasteiger partial charge in [0.05, 0.1) is 17.4 Å². The van der Waals surface area contributed by atoms with Gasteiger partial charge in [0.1, 0.15) is 0 Å². The fraction of sp³-hybridized carbons (Fsp3) is 0.467. The lowest BCUT2D eigenvalue weighted by molar-refractivity contribution is 0.632. The molecule has 2 rings (SSSR count). The second-order valence-corrected chi connectivity index (χ2v) is 5.13. The Morgan fingerprint density at radius 2 is 2.05 bits per heavy atom. The number of pyridine rings is 1. The van der Waals surface area contributed by atoms with E-state index in [9.17, 15) is 4.79 Å². The summed E-state index contributed by atoms with van der Waals surface area (Å²) in [6.45, 7) is 9.21. The van der Waals surface area contributed by atoms with Crippen LogP contribution in [0, 0.1) is 13.8 Å². The first-order valence-electron chi connectivity index (χ1n) is 6.91. The predicted octanol–water partition coefficient (Wildman–Crippen LogP) is 2.39. The number of aromatic nitrogens is 3. The van der Waals surface area contributed by atoms with Gasteiger partial charge in [-0.25, -0.2) is 0 Å². The molecule has 0 aliphatic heterocycles. The maximum absolute atomic E-state index is 11.4.